The van der Waals surface area contributed by atoms with Gasteiger partial charge in [0.1, 0.15) is 5.82 Å². The van der Waals surface area contributed by atoms with Crippen LogP contribution in [-0.4, -0.2) is 20.8 Å². The number of nitro benzene ring substituents is 1. The van der Waals surface area contributed by atoms with Gasteiger partial charge in [-0.2, -0.15) is 9.78 Å². The molecule has 138 valence electrons. The van der Waals surface area contributed by atoms with E-state index >= 15 is 0 Å². The molecule has 0 saturated carbocycles. The fraction of sp³-hybridized carbons (Fsp3) is 0.211. The number of rotatable bonds is 5. The largest absolute Gasteiger partial charge is 0.867 e. The second-order valence-electron chi connectivity index (χ2n) is 6.12. The summed E-state index contributed by atoms with van der Waals surface area (Å²) in [5.74, 6) is -0.278. The first-order valence-electron chi connectivity index (χ1n) is 8.43. The molecule has 0 atom stereocenters. The number of aromatic nitrogens is 2. The summed E-state index contributed by atoms with van der Waals surface area (Å²) < 4.78 is 1.15. The normalized spacial score (nSPS) is 11.3. The lowest BCUT2D eigenvalue weighted by Crippen LogP contribution is -2.22. The van der Waals surface area contributed by atoms with Crippen molar-refractivity contribution in [2.75, 3.05) is 0 Å². The van der Waals surface area contributed by atoms with E-state index in [1.54, 1.807) is 31.2 Å². The van der Waals surface area contributed by atoms with E-state index in [9.17, 15) is 20.0 Å². The quantitative estimate of drug-likeness (QED) is 0.391. The molecule has 0 aliphatic rings. The summed E-state index contributed by atoms with van der Waals surface area (Å²) in [6.45, 7) is 3.60. The average molecular weight is 365 g/mol. The molecule has 1 heterocycles. The Morgan fingerprint density at radius 3 is 2.74 bits per heavy atom. The number of fused-ring (bicyclic) bond motifs is 1. The van der Waals surface area contributed by atoms with Gasteiger partial charge in [0.05, 0.1) is 22.0 Å². The first kappa shape index (κ1) is 18.2. The van der Waals surface area contributed by atoms with Crippen molar-refractivity contribution in [2.45, 2.75) is 26.7 Å². The van der Waals surface area contributed by atoms with Gasteiger partial charge in [0, 0.05) is 12.5 Å². The van der Waals surface area contributed by atoms with E-state index < -0.39 is 16.4 Å². The van der Waals surface area contributed by atoms with Gasteiger partial charge in [0.15, 0.2) is 0 Å². The monoisotopic (exact) mass is 365 g/mol. The van der Waals surface area contributed by atoms with Crippen molar-refractivity contribution in [3.63, 3.8) is 0 Å². The van der Waals surface area contributed by atoms with Crippen LogP contribution in [0.2, 0.25) is 0 Å². The van der Waals surface area contributed by atoms with Gasteiger partial charge < -0.3 is 5.11 Å². The average Bonchev–Trinajstić information content (AvgIpc) is 2.64. The molecule has 0 aliphatic heterocycles. The molecule has 0 aliphatic carbocycles. The smallest absolute Gasteiger partial charge is 0.282 e. The van der Waals surface area contributed by atoms with Gasteiger partial charge in [-0.05, 0) is 42.4 Å². The van der Waals surface area contributed by atoms with Crippen LogP contribution in [0.4, 0.5) is 5.69 Å². The maximum atomic E-state index is 12.8. The Bertz CT molecular complexity index is 1120. The summed E-state index contributed by atoms with van der Waals surface area (Å²) >= 11 is 0. The van der Waals surface area contributed by atoms with Crippen LogP contribution in [0.3, 0.4) is 0 Å². The topological polar surface area (TPSA) is 113 Å². The molecule has 3 aromatic rings. The maximum Gasteiger partial charge on any atom is 0.282 e. The molecule has 8 heteroatoms. The molecule has 0 fully saturated rings. The molecule has 0 saturated heterocycles. The van der Waals surface area contributed by atoms with Gasteiger partial charge in [0.2, 0.25) is 0 Å². The zero-order valence-electron chi connectivity index (χ0n) is 14.9. The highest BCUT2D eigenvalue weighted by molar-refractivity contribution is 5.86. The van der Waals surface area contributed by atoms with Crippen molar-refractivity contribution in [2.24, 2.45) is 5.10 Å². The van der Waals surface area contributed by atoms with Crippen LogP contribution in [0.25, 0.3) is 10.9 Å². The molecule has 0 unspecified atom stereocenters. The van der Waals surface area contributed by atoms with E-state index in [2.05, 4.69) is 10.1 Å². The zero-order chi connectivity index (χ0) is 19.6. The number of nitrogens with zero attached hydrogens (tertiary/aromatic N) is 4. The van der Waals surface area contributed by atoms with Crippen LogP contribution >= 0.6 is 0 Å². The summed E-state index contributed by atoms with van der Waals surface area (Å²) in [6.07, 6.45) is 2.46. The predicted octanol–water partition coefficient (Wildman–Crippen LogP) is 2.52. The molecular weight excluding hydrogens is 348 g/mol. The van der Waals surface area contributed by atoms with Crippen LogP contribution in [-0.2, 0) is 6.42 Å². The van der Waals surface area contributed by atoms with Gasteiger partial charge in [-0.15, -0.1) is 0 Å². The molecule has 0 spiro atoms. The minimum absolute atomic E-state index is 0.0456. The van der Waals surface area contributed by atoms with Crippen molar-refractivity contribution in [1.82, 2.24) is 9.66 Å². The Kier molecular flexibility index (Phi) is 4.98. The SMILES string of the molecule is CCCc1nc2ccccc2c(=O)n1/N=C\c1cc(C)cc([N+](=O)[O-])c1[O-]. The lowest BCUT2D eigenvalue weighted by molar-refractivity contribution is -0.398. The lowest BCUT2D eigenvalue weighted by atomic mass is 10.1. The first-order chi connectivity index (χ1) is 12.9. The second-order valence-corrected chi connectivity index (χ2v) is 6.12. The maximum absolute atomic E-state index is 12.8. The number of hydrogen-bond donors (Lipinski definition) is 0. The lowest BCUT2D eigenvalue weighted by Gasteiger charge is -2.12. The van der Waals surface area contributed by atoms with Crippen LogP contribution < -0.4 is 10.7 Å². The highest BCUT2D eigenvalue weighted by Gasteiger charge is 2.12. The minimum atomic E-state index is -0.742. The van der Waals surface area contributed by atoms with Gasteiger partial charge in [0.25, 0.3) is 11.2 Å². The predicted molar refractivity (Wildman–Crippen MR) is 100 cm³/mol. The Labute approximate surface area is 154 Å². The summed E-state index contributed by atoms with van der Waals surface area (Å²) in [6, 6.07) is 9.66. The van der Waals surface area contributed by atoms with Gasteiger partial charge in [-0.1, -0.05) is 25.1 Å². The third-order valence-electron chi connectivity index (χ3n) is 4.05. The van der Waals surface area contributed by atoms with Crippen LogP contribution in [0.1, 0.15) is 30.3 Å². The van der Waals surface area contributed by atoms with Crippen molar-refractivity contribution < 1.29 is 10.0 Å². The van der Waals surface area contributed by atoms with E-state index in [1.807, 2.05) is 6.92 Å². The number of hydrogen-bond acceptors (Lipinski definition) is 6. The van der Waals surface area contributed by atoms with E-state index in [-0.39, 0.29) is 11.1 Å². The van der Waals surface area contributed by atoms with Crippen LogP contribution in [0, 0.1) is 17.0 Å². The standard InChI is InChI=1S/C19H18N4O4/c1-3-6-17-21-15-8-5-4-7-14(15)19(25)22(17)20-11-13-9-12(2)10-16(18(13)24)23(26)27/h4-5,7-11,24H,3,6H2,1-2H3/p-1/b20-11-. The third kappa shape index (κ3) is 3.55. The summed E-state index contributed by atoms with van der Waals surface area (Å²) in [7, 11) is 0. The first-order valence-corrected chi connectivity index (χ1v) is 8.43. The summed E-state index contributed by atoms with van der Waals surface area (Å²) in [5, 5.41) is 27.8. The molecule has 0 N–H and O–H groups in total. The Morgan fingerprint density at radius 1 is 1.30 bits per heavy atom. The number of para-hydroxylation sites is 1. The number of nitro groups is 1. The zero-order valence-corrected chi connectivity index (χ0v) is 14.9. The fourth-order valence-corrected chi connectivity index (χ4v) is 2.81. The molecule has 0 amide bonds. The minimum Gasteiger partial charge on any atom is -0.867 e. The Morgan fingerprint density at radius 2 is 2.04 bits per heavy atom. The van der Waals surface area contributed by atoms with Crippen molar-refractivity contribution in [3.05, 3.63) is 73.8 Å². The molecule has 3 rings (SSSR count). The van der Waals surface area contributed by atoms with Crippen LogP contribution in [0.5, 0.6) is 5.75 Å². The van der Waals surface area contributed by atoms with Gasteiger partial charge in [-0.3, -0.25) is 14.9 Å². The van der Waals surface area contributed by atoms with Crippen molar-refractivity contribution in [1.29, 1.82) is 0 Å². The fourth-order valence-electron chi connectivity index (χ4n) is 2.81. The molecular formula is C19H17N4O4-. The highest BCUT2D eigenvalue weighted by Crippen LogP contribution is 2.27. The molecule has 0 bridgehead atoms. The molecule has 27 heavy (non-hydrogen) atoms. The molecule has 1 aromatic heterocycles. The van der Waals surface area contributed by atoms with Crippen molar-refractivity contribution in [3.8, 4) is 5.75 Å². The number of aryl methyl sites for hydroxylation is 2. The van der Waals surface area contributed by atoms with Gasteiger partial charge >= 0.3 is 0 Å². The second kappa shape index (κ2) is 7.36. The summed E-state index contributed by atoms with van der Waals surface area (Å²) in [5.41, 5.74) is 0.307. The van der Waals surface area contributed by atoms with E-state index in [1.165, 1.54) is 18.3 Å². The Hall–Kier alpha value is -3.55. The van der Waals surface area contributed by atoms with E-state index in [0.29, 0.717) is 28.7 Å². The Balaban J connectivity index is 2.17. The van der Waals surface area contributed by atoms with Gasteiger partial charge in [-0.25, -0.2) is 4.98 Å². The van der Waals surface area contributed by atoms with Crippen LogP contribution in [0.15, 0.2) is 46.3 Å². The highest BCUT2D eigenvalue weighted by atomic mass is 16.6. The van der Waals surface area contributed by atoms with Crippen molar-refractivity contribution >= 4 is 22.8 Å². The van der Waals surface area contributed by atoms with E-state index in [4.69, 9.17) is 0 Å². The summed E-state index contributed by atoms with van der Waals surface area (Å²) in [4.78, 5) is 27.6. The third-order valence-corrected chi connectivity index (χ3v) is 4.05. The molecule has 0 radical (unpaired) electrons. The number of benzene rings is 2. The molecule has 2 aromatic carbocycles. The molecule has 8 nitrogen and oxygen atoms in total. The van der Waals surface area contributed by atoms with E-state index in [0.717, 1.165) is 11.1 Å².